The molecule has 2 aromatic rings. The van der Waals surface area contributed by atoms with Crippen molar-refractivity contribution in [2.24, 2.45) is 0 Å². The predicted molar refractivity (Wildman–Crippen MR) is 72.1 cm³/mol. The van der Waals surface area contributed by atoms with Crippen LogP contribution in [0.1, 0.15) is 39.3 Å². The second-order valence-corrected chi connectivity index (χ2v) is 5.10. The maximum absolute atomic E-state index is 4.46. The summed E-state index contributed by atoms with van der Waals surface area (Å²) in [4.78, 5) is 4.46. The van der Waals surface area contributed by atoms with Crippen LogP contribution in [0.5, 0.6) is 0 Å². The molecule has 0 aliphatic rings. The first-order valence-electron chi connectivity index (χ1n) is 6.27. The molecule has 0 atom stereocenters. The van der Waals surface area contributed by atoms with Crippen molar-refractivity contribution in [3.63, 3.8) is 0 Å². The fourth-order valence-electron chi connectivity index (χ4n) is 1.92. The van der Waals surface area contributed by atoms with Gasteiger partial charge in [0.25, 0.3) is 0 Å². The summed E-state index contributed by atoms with van der Waals surface area (Å²) in [6.07, 6.45) is 1.93. The Morgan fingerprint density at radius 3 is 2.65 bits per heavy atom. The summed E-state index contributed by atoms with van der Waals surface area (Å²) in [5.74, 6) is 0. The number of rotatable bonds is 4. The first-order chi connectivity index (χ1) is 8.08. The lowest BCUT2D eigenvalue weighted by molar-refractivity contribution is 0.589. The fraction of sp³-hybridized carbons (Fsp3) is 0.500. The molecular formula is C14H21N3. The van der Waals surface area contributed by atoms with Gasteiger partial charge in [-0.3, -0.25) is 0 Å². The highest BCUT2D eigenvalue weighted by Crippen LogP contribution is 2.18. The molecule has 2 rings (SSSR count). The standard InChI is InChI=1S/C14H21N3/c1-10(2)15-8-12-5-6-14-13(7-12)16-9-17(14)11(3)4/h5-7,9-11,15H,8H2,1-4H3. The Labute approximate surface area is 103 Å². The van der Waals surface area contributed by atoms with Crippen molar-refractivity contribution < 1.29 is 0 Å². The molecule has 0 spiro atoms. The zero-order valence-corrected chi connectivity index (χ0v) is 11.1. The van der Waals surface area contributed by atoms with Crippen LogP contribution < -0.4 is 5.32 Å². The van der Waals surface area contributed by atoms with E-state index in [1.165, 1.54) is 11.1 Å². The Balaban J connectivity index is 2.26. The van der Waals surface area contributed by atoms with Gasteiger partial charge in [-0.15, -0.1) is 0 Å². The first-order valence-corrected chi connectivity index (χ1v) is 6.27. The maximum Gasteiger partial charge on any atom is 0.0960 e. The highest BCUT2D eigenvalue weighted by Gasteiger charge is 2.06. The molecule has 1 N–H and O–H groups in total. The number of imidazole rings is 1. The quantitative estimate of drug-likeness (QED) is 0.876. The Kier molecular flexibility index (Phi) is 3.48. The van der Waals surface area contributed by atoms with Gasteiger partial charge in [0.05, 0.1) is 17.4 Å². The average molecular weight is 231 g/mol. The van der Waals surface area contributed by atoms with Crippen molar-refractivity contribution in [3.05, 3.63) is 30.1 Å². The van der Waals surface area contributed by atoms with Crippen molar-refractivity contribution >= 4 is 11.0 Å². The molecular weight excluding hydrogens is 210 g/mol. The third-order valence-corrected chi connectivity index (χ3v) is 2.91. The van der Waals surface area contributed by atoms with Gasteiger partial charge in [0, 0.05) is 18.6 Å². The van der Waals surface area contributed by atoms with E-state index in [1.54, 1.807) is 0 Å². The number of aromatic nitrogens is 2. The van der Waals surface area contributed by atoms with Gasteiger partial charge in [0.1, 0.15) is 0 Å². The number of fused-ring (bicyclic) bond motifs is 1. The third-order valence-electron chi connectivity index (χ3n) is 2.91. The number of benzene rings is 1. The van der Waals surface area contributed by atoms with Gasteiger partial charge in [0.15, 0.2) is 0 Å². The normalized spacial score (nSPS) is 11.9. The summed E-state index contributed by atoms with van der Waals surface area (Å²) in [6.45, 7) is 9.57. The maximum atomic E-state index is 4.46. The Morgan fingerprint density at radius 1 is 1.24 bits per heavy atom. The van der Waals surface area contributed by atoms with E-state index >= 15 is 0 Å². The topological polar surface area (TPSA) is 29.9 Å². The van der Waals surface area contributed by atoms with Gasteiger partial charge in [-0.1, -0.05) is 19.9 Å². The second kappa shape index (κ2) is 4.88. The second-order valence-electron chi connectivity index (χ2n) is 5.10. The van der Waals surface area contributed by atoms with Gasteiger partial charge in [-0.05, 0) is 31.5 Å². The van der Waals surface area contributed by atoms with Gasteiger partial charge < -0.3 is 9.88 Å². The molecule has 0 radical (unpaired) electrons. The molecule has 0 aliphatic heterocycles. The van der Waals surface area contributed by atoms with Crippen LogP contribution >= 0.6 is 0 Å². The van der Waals surface area contributed by atoms with Gasteiger partial charge in [0.2, 0.25) is 0 Å². The molecule has 3 heteroatoms. The number of hydrogen-bond acceptors (Lipinski definition) is 2. The highest BCUT2D eigenvalue weighted by molar-refractivity contribution is 5.76. The van der Waals surface area contributed by atoms with Gasteiger partial charge in [-0.25, -0.2) is 4.98 Å². The van der Waals surface area contributed by atoms with E-state index in [-0.39, 0.29) is 0 Å². The van der Waals surface area contributed by atoms with Crippen LogP contribution in [0, 0.1) is 0 Å². The van der Waals surface area contributed by atoms with E-state index < -0.39 is 0 Å². The molecule has 1 heterocycles. The molecule has 0 aliphatic carbocycles. The SMILES string of the molecule is CC(C)NCc1ccc2c(c1)ncn2C(C)C. The van der Waals surface area contributed by atoms with Crippen LogP contribution in [0.25, 0.3) is 11.0 Å². The van der Waals surface area contributed by atoms with Crippen LogP contribution in [0.3, 0.4) is 0 Å². The first kappa shape index (κ1) is 12.1. The summed E-state index contributed by atoms with van der Waals surface area (Å²) >= 11 is 0. The van der Waals surface area contributed by atoms with Gasteiger partial charge >= 0.3 is 0 Å². The van der Waals surface area contributed by atoms with Crippen LogP contribution in [-0.4, -0.2) is 15.6 Å². The van der Waals surface area contributed by atoms with E-state index in [4.69, 9.17) is 0 Å². The minimum atomic E-state index is 0.458. The lowest BCUT2D eigenvalue weighted by atomic mass is 10.2. The van der Waals surface area contributed by atoms with Crippen molar-refractivity contribution in [2.75, 3.05) is 0 Å². The van der Waals surface area contributed by atoms with Crippen molar-refractivity contribution in [3.8, 4) is 0 Å². The molecule has 3 nitrogen and oxygen atoms in total. The highest BCUT2D eigenvalue weighted by atomic mass is 15.1. The summed E-state index contributed by atoms with van der Waals surface area (Å²) in [7, 11) is 0. The Hall–Kier alpha value is -1.35. The summed E-state index contributed by atoms with van der Waals surface area (Å²) in [5, 5.41) is 3.42. The summed E-state index contributed by atoms with van der Waals surface area (Å²) < 4.78 is 2.20. The molecule has 17 heavy (non-hydrogen) atoms. The fourth-order valence-corrected chi connectivity index (χ4v) is 1.92. The van der Waals surface area contributed by atoms with Crippen molar-refractivity contribution in [1.29, 1.82) is 0 Å². The van der Waals surface area contributed by atoms with E-state index in [0.717, 1.165) is 12.1 Å². The Morgan fingerprint density at radius 2 is 2.00 bits per heavy atom. The zero-order valence-electron chi connectivity index (χ0n) is 11.1. The molecule has 92 valence electrons. The minimum absolute atomic E-state index is 0.458. The van der Waals surface area contributed by atoms with Crippen LogP contribution in [-0.2, 0) is 6.54 Å². The third kappa shape index (κ3) is 2.67. The van der Waals surface area contributed by atoms with E-state index in [1.807, 2.05) is 6.33 Å². The smallest absolute Gasteiger partial charge is 0.0960 e. The van der Waals surface area contributed by atoms with E-state index in [9.17, 15) is 0 Å². The molecule has 1 aromatic carbocycles. The molecule has 0 saturated carbocycles. The molecule has 0 bridgehead atoms. The summed E-state index contributed by atoms with van der Waals surface area (Å²) in [6, 6.07) is 7.49. The number of nitrogens with one attached hydrogen (secondary N) is 1. The predicted octanol–water partition coefficient (Wildman–Crippen LogP) is 3.12. The number of hydrogen-bond donors (Lipinski definition) is 1. The van der Waals surface area contributed by atoms with Gasteiger partial charge in [-0.2, -0.15) is 0 Å². The van der Waals surface area contributed by atoms with Crippen LogP contribution in [0.15, 0.2) is 24.5 Å². The average Bonchev–Trinajstić information content (AvgIpc) is 2.69. The van der Waals surface area contributed by atoms with Crippen molar-refractivity contribution in [2.45, 2.75) is 46.3 Å². The minimum Gasteiger partial charge on any atom is -0.328 e. The molecule has 0 amide bonds. The van der Waals surface area contributed by atoms with Crippen molar-refractivity contribution in [1.82, 2.24) is 14.9 Å². The monoisotopic (exact) mass is 231 g/mol. The number of nitrogens with zero attached hydrogens (tertiary/aromatic N) is 2. The largest absolute Gasteiger partial charge is 0.328 e. The molecule has 0 unspecified atom stereocenters. The van der Waals surface area contributed by atoms with Crippen LogP contribution in [0.4, 0.5) is 0 Å². The lowest BCUT2D eigenvalue weighted by Crippen LogP contribution is -2.21. The zero-order chi connectivity index (χ0) is 12.4. The van der Waals surface area contributed by atoms with Crippen LogP contribution in [0.2, 0.25) is 0 Å². The van der Waals surface area contributed by atoms with E-state index in [2.05, 4.69) is 60.8 Å². The lowest BCUT2D eigenvalue weighted by Gasteiger charge is -2.10. The Bertz CT molecular complexity index is 497. The van der Waals surface area contributed by atoms with E-state index in [0.29, 0.717) is 12.1 Å². The molecule has 1 aromatic heterocycles. The summed E-state index contributed by atoms with van der Waals surface area (Å²) in [5.41, 5.74) is 3.59. The molecule has 0 fully saturated rings. The molecule has 0 saturated heterocycles.